The summed E-state index contributed by atoms with van der Waals surface area (Å²) in [5.74, 6) is 4.04. The average molecular weight is 343 g/mol. The molecule has 2 aliphatic carbocycles. The van der Waals surface area contributed by atoms with Gasteiger partial charge in [0.05, 0.1) is 9.52 Å². The second-order valence-electron chi connectivity index (χ2n) is 8.67. The molecule has 134 valence electrons. The van der Waals surface area contributed by atoms with Crippen LogP contribution in [0.15, 0.2) is 24.3 Å². The third-order valence-electron chi connectivity index (χ3n) is 7.02. The van der Waals surface area contributed by atoms with Crippen LogP contribution in [0.4, 0.5) is 0 Å². The third-order valence-corrected chi connectivity index (χ3v) is 8.57. The highest BCUT2D eigenvalue weighted by Crippen LogP contribution is 2.44. The molecule has 0 atom stereocenters. The van der Waals surface area contributed by atoms with Gasteiger partial charge in [0.25, 0.3) is 0 Å². The van der Waals surface area contributed by atoms with Crippen LogP contribution in [0.25, 0.3) is 0 Å². The van der Waals surface area contributed by atoms with E-state index < -0.39 is 0 Å². The molecule has 3 rings (SSSR count). The SMILES string of the molecule is CCC[C@H]1CC[C@H]([C@H]2CC[C@H](c3ccc([SiH2]CC)cc3)CC2)CC1. The molecule has 1 aromatic carbocycles. The molecule has 0 heterocycles. The van der Waals surface area contributed by atoms with E-state index in [-0.39, 0.29) is 9.52 Å². The molecule has 2 aliphatic rings. The van der Waals surface area contributed by atoms with Gasteiger partial charge < -0.3 is 0 Å². The molecule has 2 fully saturated rings. The summed E-state index contributed by atoms with van der Waals surface area (Å²) in [4.78, 5) is 0. The first-order chi connectivity index (χ1) is 11.8. The molecule has 0 spiro atoms. The second kappa shape index (κ2) is 9.22. The van der Waals surface area contributed by atoms with E-state index in [4.69, 9.17) is 0 Å². The highest BCUT2D eigenvalue weighted by molar-refractivity contribution is 6.53. The first-order valence-electron chi connectivity index (χ1n) is 10.9. The maximum atomic E-state index is 2.46. The lowest BCUT2D eigenvalue weighted by Gasteiger charge is -2.38. The van der Waals surface area contributed by atoms with E-state index in [1.807, 2.05) is 0 Å². The van der Waals surface area contributed by atoms with E-state index in [0.29, 0.717) is 0 Å². The van der Waals surface area contributed by atoms with Crippen LogP contribution in [-0.4, -0.2) is 9.52 Å². The minimum Gasteiger partial charge on any atom is -0.0680 e. The van der Waals surface area contributed by atoms with Crippen LogP contribution in [0.3, 0.4) is 0 Å². The summed E-state index contributed by atoms with van der Waals surface area (Å²) in [5, 5.41) is 1.65. The van der Waals surface area contributed by atoms with Gasteiger partial charge in [-0.05, 0) is 67.8 Å². The van der Waals surface area contributed by atoms with Crippen molar-refractivity contribution in [3.05, 3.63) is 29.8 Å². The van der Waals surface area contributed by atoms with Crippen molar-refractivity contribution in [2.75, 3.05) is 0 Å². The van der Waals surface area contributed by atoms with Crippen LogP contribution in [0.5, 0.6) is 0 Å². The summed E-state index contributed by atoms with van der Waals surface area (Å²) in [6.45, 7) is 4.68. The zero-order valence-corrected chi connectivity index (χ0v) is 17.5. The Kier molecular flexibility index (Phi) is 7.01. The van der Waals surface area contributed by atoms with E-state index >= 15 is 0 Å². The van der Waals surface area contributed by atoms with Crippen molar-refractivity contribution >= 4 is 14.7 Å². The first kappa shape index (κ1) is 18.2. The lowest BCUT2D eigenvalue weighted by Crippen LogP contribution is -2.25. The van der Waals surface area contributed by atoms with E-state index in [0.717, 1.165) is 23.7 Å². The van der Waals surface area contributed by atoms with E-state index in [1.165, 1.54) is 70.3 Å². The number of rotatable bonds is 6. The quantitative estimate of drug-likeness (QED) is 0.573. The molecule has 0 unspecified atom stereocenters. The molecule has 0 saturated heterocycles. The summed E-state index contributed by atoms with van der Waals surface area (Å²) < 4.78 is 0. The van der Waals surface area contributed by atoms with E-state index in [1.54, 1.807) is 10.8 Å². The van der Waals surface area contributed by atoms with Gasteiger partial charge in [0, 0.05) is 0 Å². The summed E-state index contributed by atoms with van der Waals surface area (Å²) in [6.07, 6.45) is 14.9. The zero-order valence-electron chi connectivity index (χ0n) is 16.1. The minimum absolute atomic E-state index is 0.0242. The first-order valence-corrected chi connectivity index (χ1v) is 12.6. The Labute approximate surface area is 152 Å². The molecule has 0 bridgehead atoms. The molecule has 0 radical (unpaired) electrons. The van der Waals surface area contributed by atoms with Crippen LogP contribution < -0.4 is 5.19 Å². The van der Waals surface area contributed by atoms with Crippen molar-refractivity contribution in [1.82, 2.24) is 0 Å². The van der Waals surface area contributed by atoms with Gasteiger partial charge >= 0.3 is 0 Å². The Morgan fingerprint density at radius 2 is 1.38 bits per heavy atom. The molecule has 0 aliphatic heterocycles. The molecular formula is C23H38Si. The fourth-order valence-electron chi connectivity index (χ4n) is 5.53. The Hall–Kier alpha value is -0.563. The largest absolute Gasteiger partial charge is 0.0680 e. The highest BCUT2D eigenvalue weighted by atomic mass is 28.2. The molecule has 24 heavy (non-hydrogen) atoms. The van der Waals surface area contributed by atoms with Crippen molar-refractivity contribution in [2.45, 2.75) is 90.0 Å². The van der Waals surface area contributed by atoms with Crippen LogP contribution in [0, 0.1) is 17.8 Å². The van der Waals surface area contributed by atoms with Crippen molar-refractivity contribution < 1.29 is 0 Å². The van der Waals surface area contributed by atoms with Crippen LogP contribution in [-0.2, 0) is 0 Å². The average Bonchev–Trinajstić information content (AvgIpc) is 2.64. The van der Waals surface area contributed by atoms with Crippen molar-refractivity contribution in [3.63, 3.8) is 0 Å². The fraction of sp³-hybridized carbons (Fsp3) is 0.739. The lowest BCUT2D eigenvalue weighted by atomic mass is 9.68. The maximum Gasteiger partial charge on any atom is 0.0544 e. The predicted molar refractivity (Wildman–Crippen MR) is 110 cm³/mol. The Morgan fingerprint density at radius 1 is 0.792 bits per heavy atom. The van der Waals surface area contributed by atoms with Gasteiger partial charge in [0.2, 0.25) is 0 Å². The molecule has 1 aromatic rings. The number of hydrogen-bond acceptors (Lipinski definition) is 0. The Morgan fingerprint density at radius 3 is 1.92 bits per heavy atom. The van der Waals surface area contributed by atoms with Crippen molar-refractivity contribution in [3.8, 4) is 0 Å². The van der Waals surface area contributed by atoms with Gasteiger partial charge in [-0.1, -0.05) is 75.0 Å². The molecule has 0 N–H and O–H groups in total. The Balaban J connectivity index is 1.45. The summed E-state index contributed by atoms with van der Waals surface area (Å²) in [6, 6.07) is 11.2. The standard InChI is InChI=1S/C23H38Si/c1-3-5-18-6-8-19(9-7-18)20-10-12-21(13-11-20)22-14-16-23(17-15-22)24-4-2/h14-21H,3-13,24H2,1-2H3/t18-,19-,20-,21-. The smallest absolute Gasteiger partial charge is 0.0544 e. The molecule has 0 amide bonds. The van der Waals surface area contributed by atoms with E-state index in [9.17, 15) is 0 Å². The van der Waals surface area contributed by atoms with Crippen LogP contribution >= 0.6 is 0 Å². The zero-order chi connectivity index (χ0) is 16.8. The van der Waals surface area contributed by atoms with Gasteiger partial charge in [-0.2, -0.15) is 0 Å². The summed E-state index contributed by atoms with van der Waals surface area (Å²) >= 11 is 0. The van der Waals surface area contributed by atoms with Gasteiger partial charge in [0.15, 0.2) is 0 Å². The number of hydrogen-bond donors (Lipinski definition) is 0. The molecule has 1 heteroatoms. The van der Waals surface area contributed by atoms with Gasteiger partial charge in [-0.3, -0.25) is 0 Å². The van der Waals surface area contributed by atoms with Crippen molar-refractivity contribution in [2.24, 2.45) is 17.8 Å². The van der Waals surface area contributed by atoms with Crippen LogP contribution in [0.2, 0.25) is 6.04 Å². The molecule has 0 aromatic heterocycles. The second-order valence-corrected chi connectivity index (χ2v) is 11.0. The predicted octanol–water partition coefficient (Wildman–Crippen LogP) is 5.80. The summed E-state index contributed by atoms with van der Waals surface area (Å²) in [5.41, 5.74) is 1.63. The summed E-state index contributed by atoms with van der Waals surface area (Å²) in [7, 11) is 0.0242. The molecular weight excluding hydrogens is 304 g/mol. The van der Waals surface area contributed by atoms with Gasteiger partial charge in [-0.25, -0.2) is 0 Å². The molecule has 2 saturated carbocycles. The monoisotopic (exact) mass is 342 g/mol. The number of benzene rings is 1. The topological polar surface area (TPSA) is 0 Å². The highest BCUT2D eigenvalue weighted by Gasteiger charge is 2.30. The molecule has 0 nitrogen and oxygen atoms in total. The Bertz CT molecular complexity index is 461. The minimum atomic E-state index is 0.0242. The maximum absolute atomic E-state index is 2.46. The lowest BCUT2D eigenvalue weighted by molar-refractivity contribution is 0.156. The fourth-order valence-corrected chi connectivity index (χ4v) is 6.67. The van der Waals surface area contributed by atoms with Gasteiger partial charge in [0.1, 0.15) is 0 Å². The normalized spacial score (nSPS) is 31.6. The van der Waals surface area contributed by atoms with Gasteiger partial charge in [-0.15, -0.1) is 0 Å². The third kappa shape index (κ3) is 4.75. The van der Waals surface area contributed by atoms with Crippen molar-refractivity contribution in [1.29, 1.82) is 0 Å². The van der Waals surface area contributed by atoms with E-state index in [2.05, 4.69) is 38.1 Å². The van der Waals surface area contributed by atoms with Crippen LogP contribution in [0.1, 0.15) is 89.5 Å².